The van der Waals surface area contributed by atoms with E-state index < -0.39 is 0 Å². The van der Waals surface area contributed by atoms with Crippen molar-refractivity contribution in [2.24, 2.45) is 0 Å². The topological polar surface area (TPSA) is 38.3 Å². The van der Waals surface area contributed by atoms with Crippen molar-refractivity contribution in [3.8, 4) is 0 Å². The van der Waals surface area contributed by atoms with E-state index >= 15 is 0 Å². The molecule has 0 bridgehead atoms. The molecule has 1 rings (SSSR count). The van der Waals surface area contributed by atoms with Crippen molar-refractivity contribution in [2.45, 2.75) is 39.2 Å². The van der Waals surface area contributed by atoms with Crippen LogP contribution in [0.3, 0.4) is 0 Å². The minimum atomic E-state index is -0.223. The van der Waals surface area contributed by atoms with Gasteiger partial charge in [0.15, 0.2) is 0 Å². The van der Waals surface area contributed by atoms with E-state index in [4.69, 9.17) is 4.74 Å². The van der Waals surface area contributed by atoms with Crippen LogP contribution in [-0.2, 0) is 16.1 Å². The maximum absolute atomic E-state index is 13.1. The Balaban J connectivity index is 2.07. The van der Waals surface area contributed by atoms with Crippen LogP contribution in [0.1, 0.15) is 38.2 Å². The standard InChI is InChI=1S/C15H21BrFNO2/c1-2-20-15(19)6-4-3-5-9-18-11-12-10-13(17)7-8-14(12)16/h7-8,10,18H,2-6,9,11H2,1H3. The SMILES string of the molecule is CCOC(=O)CCCCCNCc1cc(F)ccc1Br. The predicted octanol–water partition coefficient (Wildman–Crippen LogP) is 3.80. The summed E-state index contributed by atoms with van der Waals surface area (Å²) in [6.07, 6.45) is 3.32. The van der Waals surface area contributed by atoms with Crippen LogP contribution in [-0.4, -0.2) is 19.1 Å². The maximum Gasteiger partial charge on any atom is 0.305 e. The molecule has 0 aliphatic rings. The highest BCUT2D eigenvalue weighted by Gasteiger charge is 2.02. The summed E-state index contributed by atoms with van der Waals surface area (Å²) >= 11 is 3.40. The molecule has 0 aromatic heterocycles. The number of carbonyl (C=O) groups is 1. The minimum Gasteiger partial charge on any atom is -0.466 e. The molecule has 0 radical (unpaired) electrons. The van der Waals surface area contributed by atoms with Crippen molar-refractivity contribution in [3.63, 3.8) is 0 Å². The monoisotopic (exact) mass is 345 g/mol. The normalized spacial score (nSPS) is 10.6. The Morgan fingerprint density at radius 2 is 2.15 bits per heavy atom. The lowest BCUT2D eigenvalue weighted by Crippen LogP contribution is -2.15. The second-order valence-electron chi connectivity index (χ2n) is 4.53. The molecule has 1 aromatic carbocycles. The van der Waals surface area contributed by atoms with Gasteiger partial charge in [-0.2, -0.15) is 0 Å². The molecule has 0 fully saturated rings. The first-order valence-electron chi connectivity index (χ1n) is 6.93. The Morgan fingerprint density at radius 1 is 1.35 bits per heavy atom. The highest BCUT2D eigenvalue weighted by molar-refractivity contribution is 9.10. The van der Waals surface area contributed by atoms with Gasteiger partial charge in [0.2, 0.25) is 0 Å². The molecular formula is C15H21BrFNO2. The van der Waals surface area contributed by atoms with Crippen molar-refractivity contribution in [3.05, 3.63) is 34.1 Å². The smallest absolute Gasteiger partial charge is 0.305 e. The Morgan fingerprint density at radius 3 is 2.90 bits per heavy atom. The number of rotatable bonds is 9. The second kappa shape index (κ2) is 9.88. The van der Waals surface area contributed by atoms with Crippen molar-refractivity contribution in [1.82, 2.24) is 5.32 Å². The molecule has 0 unspecified atom stereocenters. The summed E-state index contributed by atoms with van der Waals surface area (Å²) in [6, 6.07) is 4.67. The van der Waals surface area contributed by atoms with Gasteiger partial charge >= 0.3 is 5.97 Å². The lowest BCUT2D eigenvalue weighted by molar-refractivity contribution is -0.143. The molecule has 20 heavy (non-hydrogen) atoms. The average molecular weight is 346 g/mol. The van der Waals surface area contributed by atoms with E-state index in [1.165, 1.54) is 12.1 Å². The number of nitrogens with one attached hydrogen (secondary N) is 1. The Hall–Kier alpha value is -0.940. The van der Waals surface area contributed by atoms with Gasteiger partial charge in [-0.25, -0.2) is 4.39 Å². The van der Waals surface area contributed by atoms with Gasteiger partial charge in [0.25, 0.3) is 0 Å². The predicted molar refractivity (Wildman–Crippen MR) is 80.9 cm³/mol. The average Bonchev–Trinajstić information content (AvgIpc) is 2.41. The number of hydrogen-bond donors (Lipinski definition) is 1. The van der Waals surface area contributed by atoms with Gasteiger partial charge in [-0.05, 0) is 50.1 Å². The molecule has 0 aliphatic carbocycles. The molecule has 5 heteroatoms. The Bertz CT molecular complexity index is 426. The number of carbonyl (C=O) groups excluding carboxylic acids is 1. The lowest BCUT2D eigenvalue weighted by atomic mass is 10.2. The number of esters is 1. The van der Waals surface area contributed by atoms with Gasteiger partial charge in [-0.15, -0.1) is 0 Å². The number of halogens is 2. The van der Waals surface area contributed by atoms with Crippen molar-refractivity contribution in [1.29, 1.82) is 0 Å². The number of benzene rings is 1. The van der Waals surface area contributed by atoms with Gasteiger partial charge in [0.05, 0.1) is 6.61 Å². The fraction of sp³-hybridized carbons (Fsp3) is 0.533. The van der Waals surface area contributed by atoms with Crippen molar-refractivity contribution < 1.29 is 13.9 Å². The maximum atomic E-state index is 13.1. The Labute approximate surface area is 128 Å². The van der Waals surface area contributed by atoms with Crippen LogP contribution in [0.15, 0.2) is 22.7 Å². The molecule has 112 valence electrons. The second-order valence-corrected chi connectivity index (χ2v) is 5.38. The van der Waals surface area contributed by atoms with Gasteiger partial charge in [0.1, 0.15) is 5.82 Å². The molecule has 0 heterocycles. The third kappa shape index (κ3) is 7.01. The first-order chi connectivity index (χ1) is 9.63. The highest BCUT2D eigenvalue weighted by atomic mass is 79.9. The third-order valence-corrected chi connectivity index (χ3v) is 3.64. The van der Waals surface area contributed by atoms with Crippen LogP contribution in [0.4, 0.5) is 4.39 Å². The fourth-order valence-electron chi connectivity index (χ4n) is 1.83. The number of ether oxygens (including phenoxy) is 1. The van der Waals surface area contributed by atoms with Gasteiger partial charge in [-0.1, -0.05) is 22.4 Å². The summed E-state index contributed by atoms with van der Waals surface area (Å²) in [7, 11) is 0. The molecule has 0 saturated heterocycles. The van der Waals surface area contributed by atoms with E-state index in [1.54, 1.807) is 6.07 Å². The van der Waals surface area contributed by atoms with Crippen LogP contribution >= 0.6 is 15.9 Å². The highest BCUT2D eigenvalue weighted by Crippen LogP contribution is 2.17. The molecule has 1 N–H and O–H groups in total. The third-order valence-electron chi connectivity index (χ3n) is 2.86. The zero-order chi connectivity index (χ0) is 14.8. The van der Waals surface area contributed by atoms with Crippen LogP contribution in [0, 0.1) is 5.82 Å². The van der Waals surface area contributed by atoms with E-state index in [1.807, 2.05) is 6.92 Å². The van der Waals surface area contributed by atoms with Gasteiger partial charge in [-0.3, -0.25) is 4.79 Å². The first-order valence-corrected chi connectivity index (χ1v) is 7.73. The molecule has 0 aliphatic heterocycles. The molecule has 0 saturated carbocycles. The fourth-order valence-corrected chi connectivity index (χ4v) is 2.22. The van der Waals surface area contributed by atoms with Gasteiger partial charge < -0.3 is 10.1 Å². The lowest BCUT2D eigenvalue weighted by Gasteiger charge is -2.07. The zero-order valence-corrected chi connectivity index (χ0v) is 13.3. The molecule has 1 aromatic rings. The Kier molecular flexibility index (Phi) is 8.46. The quantitative estimate of drug-likeness (QED) is 0.546. The van der Waals surface area contributed by atoms with Crippen LogP contribution in [0.25, 0.3) is 0 Å². The van der Waals surface area contributed by atoms with Crippen molar-refractivity contribution >= 4 is 21.9 Å². The largest absolute Gasteiger partial charge is 0.466 e. The summed E-state index contributed by atoms with van der Waals surface area (Å²) in [5.74, 6) is -0.344. The number of unbranched alkanes of at least 4 members (excludes halogenated alkanes) is 2. The molecule has 0 spiro atoms. The van der Waals surface area contributed by atoms with E-state index in [2.05, 4.69) is 21.2 Å². The summed E-state index contributed by atoms with van der Waals surface area (Å²) in [4.78, 5) is 11.1. The van der Waals surface area contributed by atoms with E-state index in [-0.39, 0.29) is 11.8 Å². The summed E-state index contributed by atoms with van der Waals surface area (Å²) in [5.41, 5.74) is 0.913. The summed E-state index contributed by atoms with van der Waals surface area (Å²) in [5, 5.41) is 3.27. The van der Waals surface area contributed by atoms with Crippen LogP contribution in [0.5, 0.6) is 0 Å². The minimum absolute atomic E-state index is 0.121. The first kappa shape index (κ1) is 17.1. The van der Waals surface area contributed by atoms with E-state index in [0.717, 1.165) is 35.8 Å². The van der Waals surface area contributed by atoms with Gasteiger partial charge in [0, 0.05) is 17.4 Å². The van der Waals surface area contributed by atoms with E-state index in [9.17, 15) is 9.18 Å². The zero-order valence-electron chi connectivity index (χ0n) is 11.8. The summed E-state index contributed by atoms with van der Waals surface area (Å²) in [6.45, 7) is 3.75. The molecule has 3 nitrogen and oxygen atoms in total. The van der Waals surface area contributed by atoms with Crippen LogP contribution in [0.2, 0.25) is 0 Å². The van der Waals surface area contributed by atoms with E-state index in [0.29, 0.717) is 19.6 Å². The van der Waals surface area contributed by atoms with Crippen LogP contribution < -0.4 is 5.32 Å². The molecule has 0 atom stereocenters. The summed E-state index contributed by atoms with van der Waals surface area (Å²) < 4.78 is 18.8. The van der Waals surface area contributed by atoms with Crippen molar-refractivity contribution in [2.75, 3.05) is 13.2 Å². The molecular weight excluding hydrogens is 325 g/mol. The number of hydrogen-bond acceptors (Lipinski definition) is 3. The molecule has 0 amide bonds.